The molecule has 66 valence electrons. The van der Waals surface area contributed by atoms with E-state index in [1.54, 1.807) is 6.07 Å². The number of allylic oxidation sites excluding steroid dienone is 2. The Morgan fingerprint density at radius 2 is 2.23 bits per heavy atom. The zero-order chi connectivity index (χ0) is 9.10. The van der Waals surface area contributed by atoms with Crippen molar-refractivity contribution in [3.8, 4) is 0 Å². The lowest BCUT2D eigenvalue weighted by atomic mass is 10.3. The average Bonchev–Trinajstić information content (AvgIpc) is 2.19. The van der Waals surface area contributed by atoms with E-state index in [4.69, 9.17) is 0 Å². The Morgan fingerprint density at radius 3 is 2.92 bits per heavy atom. The SMILES string of the molecule is O=c1cccc(N2C=CC=CC2)[nH]1. The molecule has 1 aromatic heterocycles. The monoisotopic (exact) mass is 174 g/mol. The van der Waals surface area contributed by atoms with Crippen LogP contribution in [-0.4, -0.2) is 11.5 Å². The summed E-state index contributed by atoms with van der Waals surface area (Å²) in [5.41, 5.74) is -0.0690. The van der Waals surface area contributed by atoms with Crippen LogP contribution >= 0.6 is 0 Å². The highest BCUT2D eigenvalue weighted by atomic mass is 16.1. The summed E-state index contributed by atoms with van der Waals surface area (Å²) < 4.78 is 0. The van der Waals surface area contributed by atoms with Crippen molar-refractivity contribution in [3.05, 3.63) is 53.0 Å². The number of hydrogen-bond donors (Lipinski definition) is 1. The van der Waals surface area contributed by atoms with Gasteiger partial charge in [0.05, 0.1) is 0 Å². The summed E-state index contributed by atoms with van der Waals surface area (Å²) in [6.45, 7) is 0.802. The highest BCUT2D eigenvalue weighted by Gasteiger charge is 2.02. The lowest BCUT2D eigenvalue weighted by Gasteiger charge is -2.19. The predicted molar refractivity (Wildman–Crippen MR) is 52.7 cm³/mol. The molecule has 1 N–H and O–H groups in total. The Labute approximate surface area is 76.0 Å². The van der Waals surface area contributed by atoms with E-state index in [1.807, 2.05) is 35.4 Å². The largest absolute Gasteiger partial charge is 0.331 e. The third-order valence-electron chi connectivity index (χ3n) is 1.88. The minimum Gasteiger partial charge on any atom is -0.331 e. The van der Waals surface area contributed by atoms with E-state index in [0.717, 1.165) is 12.4 Å². The normalized spacial score (nSPS) is 14.9. The van der Waals surface area contributed by atoms with Crippen molar-refractivity contribution in [1.82, 2.24) is 4.98 Å². The number of pyridine rings is 1. The second kappa shape index (κ2) is 3.31. The van der Waals surface area contributed by atoms with E-state index in [9.17, 15) is 4.79 Å². The zero-order valence-electron chi connectivity index (χ0n) is 7.10. The summed E-state index contributed by atoms with van der Waals surface area (Å²) in [5.74, 6) is 0.827. The Morgan fingerprint density at radius 1 is 1.31 bits per heavy atom. The van der Waals surface area contributed by atoms with Crippen molar-refractivity contribution in [2.24, 2.45) is 0 Å². The Kier molecular flexibility index (Phi) is 2.00. The lowest BCUT2D eigenvalue weighted by molar-refractivity contribution is 1.02. The molecule has 0 aliphatic carbocycles. The third-order valence-corrected chi connectivity index (χ3v) is 1.88. The molecule has 1 aliphatic heterocycles. The zero-order valence-corrected chi connectivity index (χ0v) is 7.10. The van der Waals surface area contributed by atoms with Gasteiger partial charge < -0.3 is 9.88 Å². The van der Waals surface area contributed by atoms with E-state index in [-0.39, 0.29) is 5.56 Å². The van der Waals surface area contributed by atoms with Crippen LogP contribution in [0.15, 0.2) is 47.4 Å². The van der Waals surface area contributed by atoms with Gasteiger partial charge >= 0.3 is 0 Å². The van der Waals surface area contributed by atoms with Crippen LogP contribution in [0.4, 0.5) is 5.82 Å². The minimum absolute atomic E-state index is 0.0690. The summed E-state index contributed by atoms with van der Waals surface area (Å²) in [4.78, 5) is 15.7. The molecule has 0 saturated carbocycles. The van der Waals surface area contributed by atoms with Gasteiger partial charge in [-0.25, -0.2) is 0 Å². The van der Waals surface area contributed by atoms with Crippen molar-refractivity contribution < 1.29 is 0 Å². The van der Waals surface area contributed by atoms with Gasteiger partial charge in [-0.05, 0) is 12.1 Å². The summed E-state index contributed by atoms with van der Waals surface area (Å²) >= 11 is 0. The van der Waals surface area contributed by atoms with E-state index >= 15 is 0 Å². The molecule has 1 aliphatic rings. The molecule has 2 heterocycles. The van der Waals surface area contributed by atoms with Gasteiger partial charge in [0.2, 0.25) is 5.56 Å². The van der Waals surface area contributed by atoms with Crippen LogP contribution in [0, 0.1) is 0 Å². The van der Waals surface area contributed by atoms with Crippen molar-refractivity contribution >= 4 is 5.82 Å². The van der Waals surface area contributed by atoms with Crippen LogP contribution in [0.5, 0.6) is 0 Å². The molecule has 3 nitrogen and oxygen atoms in total. The smallest absolute Gasteiger partial charge is 0.249 e. The average molecular weight is 174 g/mol. The van der Waals surface area contributed by atoms with Gasteiger partial charge in [-0.1, -0.05) is 18.2 Å². The number of rotatable bonds is 1. The maximum absolute atomic E-state index is 11.0. The highest BCUT2D eigenvalue weighted by Crippen LogP contribution is 2.10. The summed E-state index contributed by atoms with van der Waals surface area (Å²) in [5, 5.41) is 0. The van der Waals surface area contributed by atoms with E-state index in [0.29, 0.717) is 0 Å². The molecule has 2 rings (SSSR count). The number of hydrogen-bond acceptors (Lipinski definition) is 2. The first-order chi connectivity index (χ1) is 6.36. The summed E-state index contributed by atoms with van der Waals surface area (Å²) in [7, 11) is 0. The van der Waals surface area contributed by atoms with Gasteiger partial charge in [0.1, 0.15) is 5.82 Å². The minimum atomic E-state index is -0.0690. The van der Waals surface area contributed by atoms with Crippen molar-refractivity contribution in [3.63, 3.8) is 0 Å². The van der Waals surface area contributed by atoms with Crippen molar-refractivity contribution in [2.75, 3.05) is 11.4 Å². The number of H-pyrrole nitrogens is 1. The summed E-state index contributed by atoms with van der Waals surface area (Å²) in [6.07, 6.45) is 7.89. The van der Waals surface area contributed by atoms with Gasteiger partial charge in [-0.15, -0.1) is 0 Å². The van der Waals surface area contributed by atoms with Crippen molar-refractivity contribution in [1.29, 1.82) is 0 Å². The number of aromatic amines is 1. The number of nitrogens with zero attached hydrogens (tertiary/aromatic N) is 1. The standard InChI is InChI=1S/C10H10N2O/c13-10-6-4-5-9(11-10)12-7-2-1-3-8-12/h1-7H,8H2,(H,11,13). The van der Waals surface area contributed by atoms with Crippen molar-refractivity contribution in [2.45, 2.75) is 0 Å². The molecule has 0 amide bonds. The van der Waals surface area contributed by atoms with Crippen LogP contribution in [0.25, 0.3) is 0 Å². The van der Waals surface area contributed by atoms with Crippen LogP contribution in [0.3, 0.4) is 0 Å². The van der Waals surface area contributed by atoms with E-state index < -0.39 is 0 Å². The molecule has 0 atom stereocenters. The maximum Gasteiger partial charge on any atom is 0.249 e. The molecule has 0 saturated heterocycles. The molecule has 1 aromatic rings. The highest BCUT2D eigenvalue weighted by molar-refractivity contribution is 5.44. The topological polar surface area (TPSA) is 36.1 Å². The molecule has 0 unspecified atom stereocenters. The molecule has 0 bridgehead atoms. The first-order valence-electron chi connectivity index (χ1n) is 4.15. The van der Waals surface area contributed by atoms with Crippen LogP contribution in [0.2, 0.25) is 0 Å². The van der Waals surface area contributed by atoms with E-state index in [2.05, 4.69) is 4.98 Å². The van der Waals surface area contributed by atoms with Gasteiger partial charge in [0, 0.05) is 18.8 Å². The quantitative estimate of drug-likeness (QED) is 0.695. The Balaban J connectivity index is 2.30. The van der Waals surface area contributed by atoms with Gasteiger partial charge in [-0.2, -0.15) is 0 Å². The number of nitrogens with one attached hydrogen (secondary N) is 1. The molecular formula is C10H10N2O. The molecule has 0 fully saturated rings. The first-order valence-corrected chi connectivity index (χ1v) is 4.15. The second-order valence-corrected chi connectivity index (χ2v) is 2.82. The van der Waals surface area contributed by atoms with E-state index in [1.165, 1.54) is 6.07 Å². The lowest BCUT2D eigenvalue weighted by Crippen LogP contribution is -2.21. The Bertz CT molecular complexity index is 403. The molecule has 0 spiro atoms. The Hall–Kier alpha value is -1.77. The summed E-state index contributed by atoms with van der Waals surface area (Å²) in [6, 6.07) is 5.14. The fourth-order valence-corrected chi connectivity index (χ4v) is 1.25. The van der Waals surface area contributed by atoms with Gasteiger partial charge in [-0.3, -0.25) is 4.79 Å². The van der Waals surface area contributed by atoms with Gasteiger partial charge in [0.15, 0.2) is 0 Å². The molecule has 13 heavy (non-hydrogen) atoms. The molecule has 3 heteroatoms. The van der Waals surface area contributed by atoms with Crippen LogP contribution < -0.4 is 10.5 Å². The number of anilines is 1. The fraction of sp³-hybridized carbons (Fsp3) is 0.100. The second-order valence-electron chi connectivity index (χ2n) is 2.82. The van der Waals surface area contributed by atoms with Crippen LogP contribution in [-0.2, 0) is 0 Å². The maximum atomic E-state index is 11.0. The van der Waals surface area contributed by atoms with Gasteiger partial charge in [0.25, 0.3) is 0 Å². The molecule has 0 radical (unpaired) electrons. The molecular weight excluding hydrogens is 164 g/mol. The predicted octanol–water partition coefficient (Wildman–Crippen LogP) is 1.26. The number of aromatic nitrogens is 1. The molecule has 0 aromatic carbocycles. The third kappa shape index (κ3) is 1.69. The first kappa shape index (κ1) is 7.86. The van der Waals surface area contributed by atoms with Crippen LogP contribution in [0.1, 0.15) is 0 Å². The fourth-order valence-electron chi connectivity index (χ4n) is 1.25.